The summed E-state index contributed by atoms with van der Waals surface area (Å²) < 4.78 is 0. The molecule has 1 fully saturated rings. The highest BCUT2D eigenvalue weighted by atomic mass is 35.5. The normalized spacial score (nSPS) is 18.0. The molecule has 2 aromatic carbocycles. The van der Waals surface area contributed by atoms with Gasteiger partial charge in [-0.15, -0.1) is 0 Å². The number of halogens is 1. The fraction of sp³-hybridized carbons (Fsp3) is 0.381. The predicted octanol–water partition coefficient (Wildman–Crippen LogP) is 5.29. The Hall–Kier alpha value is -1.45. The van der Waals surface area contributed by atoms with Crippen LogP contribution in [0.2, 0.25) is 5.02 Å². The Balaban J connectivity index is 1.55. The number of hydrogen-bond donors (Lipinski definition) is 0. The van der Waals surface area contributed by atoms with Gasteiger partial charge < -0.3 is 4.90 Å². The van der Waals surface area contributed by atoms with Crippen molar-refractivity contribution in [2.45, 2.75) is 31.4 Å². The lowest BCUT2D eigenvalue weighted by molar-refractivity contribution is -0.130. The number of hydrogen-bond acceptors (Lipinski definition) is 2. The molecule has 4 heteroatoms. The number of thioether (sulfide) groups is 1. The molecule has 0 saturated carbocycles. The first-order chi connectivity index (χ1) is 12.1. The van der Waals surface area contributed by atoms with E-state index in [9.17, 15) is 4.79 Å². The molecule has 0 bridgehead atoms. The van der Waals surface area contributed by atoms with Crippen LogP contribution in [-0.4, -0.2) is 29.6 Å². The average Bonchev–Trinajstić information content (AvgIpc) is 2.86. The van der Waals surface area contributed by atoms with Crippen molar-refractivity contribution in [2.24, 2.45) is 0 Å². The highest BCUT2D eigenvalue weighted by molar-refractivity contribution is 7.99. The second kappa shape index (κ2) is 8.77. The highest BCUT2D eigenvalue weighted by Crippen LogP contribution is 2.37. The van der Waals surface area contributed by atoms with Crippen LogP contribution in [0.5, 0.6) is 0 Å². The van der Waals surface area contributed by atoms with Gasteiger partial charge in [-0.25, -0.2) is 0 Å². The molecule has 25 heavy (non-hydrogen) atoms. The van der Waals surface area contributed by atoms with Gasteiger partial charge in [0.05, 0.1) is 0 Å². The Kier molecular flexibility index (Phi) is 6.44. The third-order valence-corrected chi connectivity index (χ3v) is 6.31. The van der Waals surface area contributed by atoms with Gasteiger partial charge in [0.1, 0.15) is 0 Å². The lowest BCUT2D eigenvalue weighted by Crippen LogP contribution is -2.33. The minimum absolute atomic E-state index is 0.266. The van der Waals surface area contributed by atoms with Gasteiger partial charge in [-0.3, -0.25) is 4.79 Å². The Morgan fingerprint density at radius 3 is 2.84 bits per heavy atom. The molecule has 132 valence electrons. The van der Waals surface area contributed by atoms with Crippen LogP contribution in [-0.2, 0) is 11.2 Å². The molecule has 2 aromatic rings. The van der Waals surface area contributed by atoms with E-state index in [2.05, 4.69) is 37.3 Å². The van der Waals surface area contributed by atoms with Crippen molar-refractivity contribution in [3.8, 4) is 0 Å². The van der Waals surface area contributed by atoms with Crippen LogP contribution in [0.15, 0.2) is 48.5 Å². The van der Waals surface area contributed by atoms with Gasteiger partial charge in [0.2, 0.25) is 5.91 Å². The van der Waals surface area contributed by atoms with Gasteiger partial charge >= 0.3 is 0 Å². The van der Waals surface area contributed by atoms with Crippen LogP contribution in [0.1, 0.15) is 34.8 Å². The number of amides is 1. The van der Waals surface area contributed by atoms with Crippen molar-refractivity contribution in [1.82, 2.24) is 4.90 Å². The number of aryl methyl sites for hydroxylation is 2. The molecule has 2 nitrogen and oxygen atoms in total. The van der Waals surface area contributed by atoms with Crippen molar-refractivity contribution in [3.63, 3.8) is 0 Å². The number of rotatable bonds is 4. The zero-order valence-electron chi connectivity index (χ0n) is 14.6. The third kappa shape index (κ3) is 5.02. The molecule has 0 N–H and O–H groups in total. The standard InChI is InChI=1S/C21H24ClNOS/c1-16-5-4-6-17(15-16)9-10-21(24)23-12-11-20(25-14-13-23)18-7-2-3-8-19(18)22/h2-8,15,20H,9-14H2,1H3. The maximum absolute atomic E-state index is 12.6. The van der Waals surface area contributed by atoms with Gasteiger partial charge in [-0.2, -0.15) is 11.8 Å². The van der Waals surface area contributed by atoms with E-state index < -0.39 is 0 Å². The summed E-state index contributed by atoms with van der Waals surface area (Å²) in [7, 11) is 0. The fourth-order valence-corrected chi connectivity index (χ4v) is 4.88. The Morgan fingerprint density at radius 2 is 2.04 bits per heavy atom. The van der Waals surface area contributed by atoms with E-state index in [-0.39, 0.29) is 5.91 Å². The third-order valence-electron chi connectivity index (χ3n) is 4.66. The summed E-state index contributed by atoms with van der Waals surface area (Å²) in [5, 5.41) is 1.21. The summed E-state index contributed by atoms with van der Waals surface area (Å²) in [6.45, 7) is 3.74. The van der Waals surface area contributed by atoms with E-state index in [1.807, 2.05) is 34.9 Å². The lowest BCUT2D eigenvalue weighted by Gasteiger charge is -2.20. The van der Waals surface area contributed by atoms with Crippen LogP contribution < -0.4 is 0 Å². The quantitative estimate of drug-likeness (QED) is 0.725. The van der Waals surface area contributed by atoms with E-state index in [0.29, 0.717) is 11.7 Å². The molecule has 0 aromatic heterocycles. The zero-order valence-corrected chi connectivity index (χ0v) is 16.2. The first-order valence-corrected chi connectivity index (χ1v) is 10.3. The van der Waals surface area contributed by atoms with Crippen LogP contribution >= 0.6 is 23.4 Å². The summed E-state index contributed by atoms with van der Waals surface area (Å²) in [5.41, 5.74) is 3.69. The van der Waals surface area contributed by atoms with Gasteiger partial charge in [-0.05, 0) is 37.0 Å². The molecule has 1 aliphatic rings. The minimum atomic E-state index is 0.266. The molecule has 1 saturated heterocycles. The first-order valence-electron chi connectivity index (χ1n) is 8.83. The van der Waals surface area contributed by atoms with E-state index >= 15 is 0 Å². The topological polar surface area (TPSA) is 20.3 Å². The van der Waals surface area contributed by atoms with Crippen LogP contribution in [0, 0.1) is 6.92 Å². The fourth-order valence-electron chi connectivity index (χ4n) is 3.28. The molecule has 1 aliphatic heterocycles. The molecule has 1 amide bonds. The highest BCUT2D eigenvalue weighted by Gasteiger charge is 2.23. The molecule has 3 rings (SSSR count). The second-order valence-corrected chi connectivity index (χ2v) is 8.26. The Labute approximate surface area is 159 Å². The lowest BCUT2D eigenvalue weighted by atomic mass is 10.1. The van der Waals surface area contributed by atoms with Crippen molar-refractivity contribution >= 4 is 29.3 Å². The SMILES string of the molecule is Cc1cccc(CCC(=O)N2CCSC(c3ccccc3Cl)CC2)c1. The summed E-state index contributed by atoms with van der Waals surface area (Å²) in [6.07, 6.45) is 2.37. The smallest absolute Gasteiger partial charge is 0.222 e. The van der Waals surface area contributed by atoms with Crippen LogP contribution in [0.4, 0.5) is 0 Å². The van der Waals surface area contributed by atoms with Crippen LogP contribution in [0.3, 0.4) is 0 Å². The molecule has 1 heterocycles. The minimum Gasteiger partial charge on any atom is -0.342 e. The molecular formula is C21H24ClNOS. The maximum atomic E-state index is 12.6. The molecule has 1 atom stereocenters. The maximum Gasteiger partial charge on any atom is 0.222 e. The van der Waals surface area contributed by atoms with E-state index in [1.54, 1.807) is 0 Å². The van der Waals surface area contributed by atoms with Crippen molar-refractivity contribution < 1.29 is 4.79 Å². The average molecular weight is 374 g/mol. The van der Waals surface area contributed by atoms with Crippen LogP contribution in [0.25, 0.3) is 0 Å². The number of nitrogens with zero attached hydrogens (tertiary/aromatic N) is 1. The largest absolute Gasteiger partial charge is 0.342 e. The molecule has 0 aliphatic carbocycles. The molecule has 0 radical (unpaired) electrons. The first kappa shape index (κ1) is 18.3. The van der Waals surface area contributed by atoms with Gasteiger partial charge in [-0.1, -0.05) is 59.6 Å². The van der Waals surface area contributed by atoms with Crippen molar-refractivity contribution in [2.75, 3.05) is 18.8 Å². The Morgan fingerprint density at radius 1 is 1.20 bits per heavy atom. The van der Waals surface area contributed by atoms with E-state index in [0.717, 1.165) is 36.7 Å². The monoisotopic (exact) mass is 373 g/mol. The van der Waals surface area contributed by atoms with E-state index in [4.69, 9.17) is 11.6 Å². The molecular weight excluding hydrogens is 350 g/mol. The van der Waals surface area contributed by atoms with Crippen molar-refractivity contribution in [1.29, 1.82) is 0 Å². The van der Waals surface area contributed by atoms with Gasteiger partial charge in [0.15, 0.2) is 0 Å². The number of benzene rings is 2. The van der Waals surface area contributed by atoms with Gasteiger partial charge in [0, 0.05) is 35.5 Å². The zero-order chi connectivity index (χ0) is 17.6. The molecule has 1 unspecified atom stereocenters. The summed E-state index contributed by atoms with van der Waals surface area (Å²) in [5.74, 6) is 1.23. The predicted molar refractivity (Wildman–Crippen MR) is 107 cm³/mol. The molecule has 0 spiro atoms. The van der Waals surface area contributed by atoms with Crippen molar-refractivity contribution in [3.05, 3.63) is 70.2 Å². The second-order valence-electron chi connectivity index (χ2n) is 6.54. The van der Waals surface area contributed by atoms with Gasteiger partial charge in [0.25, 0.3) is 0 Å². The van der Waals surface area contributed by atoms with E-state index in [1.165, 1.54) is 16.7 Å². The summed E-state index contributed by atoms with van der Waals surface area (Å²) in [6, 6.07) is 16.5. The number of carbonyl (C=O) groups excluding carboxylic acids is 1. The number of carbonyl (C=O) groups is 1. The summed E-state index contributed by atoms with van der Waals surface area (Å²) >= 11 is 8.26. The Bertz CT molecular complexity index is 733. The summed E-state index contributed by atoms with van der Waals surface area (Å²) in [4.78, 5) is 14.6.